The van der Waals surface area contributed by atoms with Crippen molar-refractivity contribution in [2.75, 3.05) is 19.1 Å². The number of fused-ring (bicyclic) bond motifs is 7. The molecule has 1 aliphatic heterocycles. The number of aldehydes is 1. The first-order valence-corrected chi connectivity index (χ1v) is 15.9. The Labute approximate surface area is 259 Å². The number of alkyl halides is 2. The number of carbonyl (C=O) groups is 3. The van der Waals surface area contributed by atoms with Crippen molar-refractivity contribution < 1.29 is 42.5 Å². The highest BCUT2D eigenvalue weighted by atomic mass is 35.5. The van der Waals surface area contributed by atoms with Crippen molar-refractivity contribution in [2.45, 2.75) is 122 Å². The van der Waals surface area contributed by atoms with E-state index in [1.165, 1.54) is 6.92 Å². The van der Waals surface area contributed by atoms with Crippen LogP contribution >= 0.6 is 11.6 Å². The van der Waals surface area contributed by atoms with Crippen LogP contribution in [0.1, 0.15) is 87.5 Å². The second-order valence-electron chi connectivity index (χ2n) is 14.8. The Balaban J connectivity index is 1.68. The quantitative estimate of drug-likeness (QED) is 0.190. The average molecular weight is 625 g/mol. The predicted octanol–water partition coefficient (Wildman–Crippen LogP) is 5.79. The van der Waals surface area contributed by atoms with E-state index in [2.05, 4.69) is 0 Å². The number of hydrogen-bond donors (Lipinski definition) is 0. The molecule has 3 fully saturated rings. The normalized spacial score (nSPS) is 41.4. The van der Waals surface area contributed by atoms with Gasteiger partial charge in [-0.15, -0.1) is 11.6 Å². The Kier molecular flexibility index (Phi) is 8.06. The lowest BCUT2D eigenvalue weighted by Crippen LogP contribution is -2.71. The maximum Gasteiger partial charge on any atom is 0.303 e. The van der Waals surface area contributed by atoms with Gasteiger partial charge in [-0.25, -0.2) is 4.39 Å². The fourth-order valence-electron chi connectivity index (χ4n) is 9.27. The summed E-state index contributed by atoms with van der Waals surface area (Å²) in [4.78, 5) is 38.6. The van der Waals surface area contributed by atoms with Crippen molar-refractivity contribution in [3.05, 3.63) is 23.0 Å². The molecule has 5 aliphatic rings. The standard InChI is InChI=1S/C33H46ClFO8/c1-19(37)40-18-25(38)33-26(42-29(5,6)43-33)15-23-24-13-20(17-36)22-14-21(39-12-11-34)9-10-30(22,7)32(24,35)27(16-31(23,33)8)41-28(2,3)4/h14,17,23-24,26-27H,9-13,15-16,18H2,1-8H3. The summed E-state index contributed by atoms with van der Waals surface area (Å²) in [6, 6.07) is 0. The fraction of sp³-hybridized carbons (Fsp3) is 0.788. The minimum absolute atomic E-state index is 0.179. The summed E-state index contributed by atoms with van der Waals surface area (Å²) in [5.41, 5.74) is -4.89. The van der Waals surface area contributed by atoms with Crippen LogP contribution in [0, 0.1) is 22.7 Å². The van der Waals surface area contributed by atoms with E-state index in [4.69, 9.17) is 35.3 Å². The van der Waals surface area contributed by atoms with Gasteiger partial charge in [0.05, 0.1) is 29.4 Å². The molecule has 2 saturated carbocycles. The van der Waals surface area contributed by atoms with Gasteiger partial charge >= 0.3 is 5.97 Å². The molecule has 0 aromatic carbocycles. The number of halogens is 2. The predicted molar refractivity (Wildman–Crippen MR) is 157 cm³/mol. The Morgan fingerprint density at radius 3 is 2.49 bits per heavy atom. The zero-order chi connectivity index (χ0) is 31.8. The van der Waals surface area contributed by atoms with Gasteiger partial charge in [0.25, 0.3) is 0 Å². The summed E-state index contributed by atoms with van der Waals surface area (Å²) in [6.45, 7) is 14.2. The van der Waals surface area contributed by atoms with Gasteiger partial charge in [0.15, 0.2) is 18.0 Å². The molecule has 5 rings (SSSR count). The van der Waals surface area contributed by atoms with Crippen molar-refractivity contribution in [3.8, 4) is 0 Å². The summed E-state index contributed by atoms with van der Waals surface area (Å²) < 4.78 is 49.4. The maximum atomic E-state index is 18.7. The molecule has 4 aliphatic carbocycles. The summed E-state index contributed by atoms with van der Waals surface area (Å²) in [5.74, 6) is -2.09. The SMILES string of the molecule is CC(=O)OCC(=O)C12OC(C)(C)OC1CC1C3CC(C=O)=C4C=C(OCCCl)CCC4(C)C3(F)C(OC(C)(C)C)CC12C. The topological polar surface area (TPSA) is 97.4 Å². The molecule has 8 unspecified atom stereocenters. The highest BCUT2D eigenvalue weighted by Gasteiger charge is 2.80. The van der Waals surface area contributed by atoms with Crippen molar-refractivity contribution in [1.29, 1.82) is 0 Å². The van der Waals surface area contributed by atoms with Crippen molar-refractivity contribution in [3.63, 3.8) is 0 Å². The third-order valence-corrected chi connectivity index (χ3v) is 10.9. The lowest BCUT2D eigenvalue weighted by Gasteiger charge is -2.64. The molecule has 10 heteroatoms. The molecule has 0 amide bonds. The van der Waals surface area contributed by atoms with Crippen LogP contribution in [0.25, 0.3) is 0 Å². The number of ketones is 1. The van der Waals surface area contributed by atoms with Crippen LogP contribution < -0.4 is 0 Å². The molecular formula is C33H46ClFO8. The van der Waals surface area contributed by atoms with Gasteiger partial charge in [0.2, 0.25) is 5.78 Å². The molecule has 8 atom stereocenters. The monoisotopic (exact) mass is 624 g/mol. The third kappa shape index (κ3) is 4.83. The summed E-state index contributed by atoms with van der Waals surface area (Å²) in [5, 5.41) is 0. The van der Waals surface area contributed by atoms with Crippen LogP contribution in [0.15, 0.2) is 23.0 Å². The number of hydrogen-bond acceptors (Lipinski definition) is 8. The molecule has 43 heavy (non-hydrogen) atoms. The van der Waals surface area contributed by atoms with Gasteiger partial charge in [0.1, 0.15) is 18.6 Å². The van der Waals surface area contributed by atoms with E-state index < -0.39 is 70.0 Å². The van der Waals surface area contributed by atoms with Crippen molar-refractivity contribution >= 4 is 29.6 Å². The van der Waals surface area contributed by atoms with Crippen LogP contribution in [0.4, 0.5) is 4.39 Å². The molecule has 8 nitrogen and oxygen atoms in total. The Morgan fingerprint density at radius 1 is 1.19 bits per heavy atom. The lowest BCUT2D eigenvalue weighted by molar-refractivity contribution is -0.269. The number of carbonyl (C=O) groups excluding carboxylic acids is 3. The first kappa shape index (κ1) is 32.6. The smallest absolute Gasteiger partial charge is 0.303 e. The molecule has 1 saturated heterocycles. The van der Waals surface area contributed by atoms with Crippen LogP contribution in [-0.2, 0) is 38.1 Å². The van der Waals surface area contributed by atoms with Crippen molar-refractivity contribution in [2.24, 2.45) is 22.7 Å². The zero-order valence-corrected chi connectivity index (χ0v) is 27.4. The van der Waals surface area contributed by atoms with Gasteiger partial charge in [-0.05, 0) is 83.4 Å². The molecule has 0 bridgehead atoms. The van der Waals surface area contributed by atoms with Gasteiger partial charge in [0, 0.05) is 30.1 Å². The van der Waals surface area contributed by atoms with Crippen LogP contribution in [0.2, 0.25) is 0 Å². The van der Waals surface area contributed by atoms with E-state index in [1.54, 1.807) is 13.8 Å². The van der Waals surface area contributed by atoms with Crippen molar-refractivity contribution in [1.82, 2.24) is 0 Å². The zero-order valence-electron chi connectivity index (χ0n) is 26.6. The van der Waals surface area contributed by atoms with Gasteiger partial charge in [-0.2, -0.15) is 0 Å². The maximum absolute atomic E-state index is 18.7. The minimum Gasteiger partial charge on any atom is -0.497 e. The molecule has 240 valence electrons. The van der Waals surface area contributed by atoms with E-state index in [9.17, 15) is 14.4 Å². The second-order valence-corrected chi connectivity index (χ2v) is 15.2. The number of esters is 1. The Bertz CT molecular complexity index is 1250. The largest absolute Gasteiger partial charge is 0.497 e. The molecule has 1 heterocycles. The van der Waals surface area contributed by atoms with E-state index >= 15 is 4.39 Å². The summed E-state index contributed by atoms with van der Waals surface area (Å²) in [6.07, 6.45) is 2.71. The van der Waals surface area contributed by atoms with Crippen LogP contribution in [0.3, 0.4) is 0 Å². The summed E-state index contributed by atoms with van der Waals surface area (Å²) in [7, 11) is 0. The fourth-order valence-corrected chi connectivity index (χ4v) is 9.35. The summed E-state index contributed by atoms with van der Waals surface area (Å²) >= 11 is 5.86. The second kappa shape index (κ2) is 10.6. The van der Waals surface area contributed by atoms with Gasteiger partial charge < -0.3 is 23.7 Å². The van der Waals surface area contributed by atoms with Gasteiger partial charge in [-0.3, -0.25) is 14.4 Å². The van der Waals surface area contributed by atoms with Crippen LogP contribution in [-0.4, -0.2) is 72.0 Å². The van der Waals surface area contributed by atoms with E-state index in [0.29, 0.717) is 48.7 Å². The first-order chi connectivity index (χ1) is 19.9. The van der Waals surface area contributed by atoms with Crippen LogP contribution in [0.5, 0.6) is 0 Å². The van der Waals surface area contributed by atoms with E-state index in [0.717, 1.165) is 6.29 Å². The highest BCUT2D eigenvalue weighted by Crippen LogP contribution is 2.73. The number of rotatable bonds is 8. The molecule has 0 spiro atoms. The Hall–Kier alpha value is -1.81. The lowest BCUT2D eigenvalue weighted by atomic mass is 9.44. The van der Waals surface area contributed by atoms with Gasteiger partial charge in [-0.1, -0.05) is 13.8 Å². The number of ether oxygens (including phenoxy) is 5. The average Bonchev–Trinajstić information content (AvgIpc) is 3.31. The minimum atomic E-state index is -1.88. The molecule has 0 aromatic heterocycles. The molecular weight excluding hydrogens is 579 g/mol. The third-order valence-electron chi connectivity index (χ3n) is 10.8. The molecule has 0 radical (unpaired) electrons. The number of Topliss-reactive ketones (excluding diaryl/α,β-unsaturated/α-hetero) is 1. The Morgan fingerprint density at radius 2 is 1.88 bits per heavy atom. The highest BCUT2D eigenvalue weighted by molar-refractivity contribution is 6.18. The first-order valence-electron chi connectivity index (χ1n) is 15.4. The molecule has 0 N–H and O–H groups in total. The van der Waals surface area contributed by atoms with E-state index in [1.807, 2.05) is 40.7 Å². The number of allylic oxidation sites excluding steroid dienone is 4. The molecule has 0 aromatic rings. The van der Waals surface area contributed by atoms with E-state index in [-0.39, 0.29) is 18.8 Å².